The first-order valence-corrected chi connectivity index (χ1v) is 12.7. The van der Waals surface area contributed by atoms with Crippen LogP contribution in [0, 0.1) is 11.8 Å². The summed E-state index contributed by atoms with van der Waals surface area (Å²) in [5.41, 5.74) is 3.00. The summed E-state index contributed by atoms with van der Waals surface area (Å²) < 4.78 is 5.11. The number of Topliss-reactive ketones (excluding diaryl/α,β-unsaturated/α-hetero) is 1. The molecule has 1 saturated heterocycles. The van der Waals surface area contributed by atoms with Gasteiger partial charge in [0.25, 0.3) is 0 Å². The van der Waals surface area contributed by atoms with Crippen molar-refractivity contribution in [3.63, 3.8) is 0 Å². The third-order valence-corrected chi connectivity index (χ3v) is 9.03. The molecule has 1 heterocycles. The molecule has 0 N–H and O–H groups in total. The fourth-order valence-corrected chi connectivity index (χ4v) is 7.14. The number of nitrogens with zero attached hydrogens (tertiary/aromatic N) is 1. The lowest BCUT2D eigenvalue weighted by Gasteiger charge is -2.54. The van der Waals surface area contributed by atoms with Crippen LogP contribution in [-0.4, -0.2) is 41.6 Å². The Hall–Kier alpha value is -3.19. The molecule has 0 radical (unpaired) electrons. The molecule has 0 spiro atoms. The van der Waals surface area contributed by atoms with Gasteiger partial charge in [0.15, 0.2) is 12.4 Å². The number of esters is 1. The average molecular weight is 555 g/mol. The quantitative estimate of drug-likeness (QED) is 0.198. The number of carbonyl (C=O) groups is 4. The Kier molecular flexibility index (Phi) is 5.50. The fourth-order valence-electron chi connectivity index (χ4n) is 5.92. The van der Waals surface area contributed by atoms with Gasteiger partial charge in [-0.1, -0.05) is 60.1 Å². The third kappa shape index (κ3) is 3.26. The van der Waals surface area contributed by atoms with E-state index in [4.69, 9.17) is 39.5 Å². The van der Waals surface area contributed by atoms with E-state index in [2.05, 4.69) is 0 Å². The van der Waals surface area contributed by atoms with Gasteiger partial charge in [-0.2, -0.15) is 0 Å². The van der Waals surface area contributed by atoms with Crippen molar-refractivity contribution in [2.75, 3.05) is 13.2 Å². The van der Waals surface area contributed by atoms with E-state index in [0.29, 0.717) is 32.8 Å². The number of hydrogen-bond acceptors (Lipinski definition) is 5. The first-order chi connectivity index (χ1) is 17.7. The van der Waals surface area contributed by atoms with Crippen LogP contribution >= 0.6 is 34.8 Å². The van der Waals surface area contributed by atoms with E-state index in [-0.39, 0.29) is 0 Å². The molecular weight excluding hydrogens is 537 g/mol. The van der Waals surface area contributed by atoms with Crippen LogP contribution in [-0.2, 0) is 28.9 Å². The zero-order valence-electron chi connectivity index (χ0n) is 19.1. The normalized spacial score (nSPS) is 26.9. The molecule has 2 atom stereocenters. The molecular formula is C28H18Cl3NO5. The Morgan fingerprint density at radius 2 is 1.19 bits per heavy atom. The van der Waals surface area contributed by atoms with E-state index in [1.54, 1.807) is 12.1 Å². The van der Waals surface area contributed by atoms with Gasteiger partial charge in [0.2, 0.25) is 11.8 Å². The van der Waals surface area contributed by atoms with Crippen LogP contribution in [0.4, 0.5) is 0 Å². The van der Waals surface area contributed by atoms with Crippen LogP contribution in [0.3, 0.4) is 0 Å². The number of imide groups is 1. The number of hydrogen-bond donors (Lipinski definition) is 0. The molecule has 6 nitrogen and oxygen atoms in total. The molecule has 3 aliphatic carbocycles. The number of carbonyl (C=O) groups excluding carboxylic acids is 4. The van der Waals surface area contributed by atoms with Crippen molar-refractivity contribution in [1.82, 2.24) is 4.90 Å². The highest BCUT2D eigenvalue weighted by molar-refractivity contribution is 6.36. The molecule has 4 aliphatic rings. The molecule has 3 aromatic rings. The Morgan fingerprint density at radius 1 is 0.757 bits per heavy atom. The van der Waals surface area contributed by atoms with E-state index in [1.165, 1.54) is 12.1 Å². The van der Waals surface area contributed by atoms with Crippen molar-refractivity contribution >= 4 is 58.4 Å². The van der Waals surface area contributed by atoms with E-state index in [0.717, 1.165) is 4.90 Å². The summed E-state index contributed by atoms with van der Waals surface area (Å²) in [6, 6.07) is 20.7. The summed E-state index contributed by atoms with van der Waals surface area (Å²) in [7, 11) is 0. The standard InChI is InChI=1S/C28H18Cl3NO5/c29-16-11-9-15(10-12-16)21(33)14-37-22(34)13-32-25(35)23-24(26(32)36)28(31)18-6-2-1-5-17(18)27(23,30)19-7-3-4-8-20(19)28/h1-12,23-24H,13-14H2/t23-,24+,27?,28?. The molecule has 1 fully saturated rings. The minimum atomic E-state index is -1.33. The fraction of sp³-hybridized carbons (Fsp3) is 0.214. The van der Waals surface area contributed by atoms with Crippen molar-refractivity contribution in [3.05, 3.63) is 106 Å². The van der Waals surface area contributed by atoms with Gasteiger partial charge in [0.1, 0.15) is 16.3 Å². The smallest absolute Gasteiger partial charge is 0.326 e. The molecule has 7 rings (SSSR count). The number of ketones is 1. The maximum absolute atomic E-state index is 13.7. The van der Waals surface area contributed by atoms with E-state index in [1.807, 2.05) is 48.5 Å². The molecule has 0 unspecified atom stereocenters. The Labute approximate surface area is 227 Å². The van der Waals surface area contributed by atoms with E-state index in [9.17, 15) is 19.2 Å². The second kappa shape index (κ2) is 8.42. The van der Waals surface area contributed by atoms with Gasteiger partial charge in [-0.25, -0.2) is 0 Å². The number of benzene rings is 3. The first kappa shape index (κ1) is 24.2. The SMILES string of the molecule is O=C(CN1C(=O)[C@@H]2[C@H](C1=O)C1(Cl)c3ccccc3C2(Cl)c2ccccc21)OCC(=O)c1ccc(Cl)cc1. The van der Waals surface area contributed by atoms with Crippen molar-refractivity contribution in [3.8, 4) is 0 Å². The van der Waals surface area contributed by atoms with Crippen molar-refractivity contribution in [2.45, 2.75) is 9.75 Å². The van der Waals surface area contributed by atoms with Gasteiger partial charge in [-0.05, 0) is 46.5 Å². The number of halogens is 3. The molecule has 0 aromatic heterocycles. The zero-order valence-corrected chi connectivity index (χ0v) is 21.4. The van der Waals surface area contributed by atoms with Gasteiger partial charge < -0.3 is 4.74 Å². The van der Waals surface area contributed by atoms with Gasteiger partial charge >= 0.3 is 5.97 Å². The predicted molar refractivity (Wildman–Crippen MR) is 137 cm³/mol. The average Bonchev–Trinajstić information content (AvgIpc) is 3.16. The monoisotopic (exact) mass is 553 g/mol. The minimum Gasteiger partial charge on any atom is -0.456 e. The summed E-state index contributed by atoms with van der Waals surface area (Å²) in [4.78, 5) is 50.6. The topological polar surface area (TPSA) is 80.8 Å². The molecule has 2 amide bonds. The van der Waals surface area contributed by atoms with Crippen molar-refractivity contribution in [1.29, 1.82) is 0 Å². The highest BCUT2D eigenvalue weighted by Crippen LogP contribution is 2.69. The van der Waals surface area contributed by atoms with Crippen LogP contribution in [0.25, 0.3) is 0 Å². The van der Waals surface area contributed by atoms with Gasteiger partial charge in [0.05, 0.1) is 11.8 Å². The molecule has 1 aliphatic heterocycles. The van der Waals surface area contributed by atoms with Crippen LogP contribution in [0.1, 0.15) is 32.6 Å². The number of amides is 2. The first-order valence-electron chi connectivity index (χ1n) is 11.6. The molecule has 0 saturated carbocycles. The number of ether oxygens (including phenoxy) is 1. The van der Waals surface area contributed by atoms with E-state index >= 15 is 0 Å². The maximum atomic E-state index is 13.7. The van der Waals surface area contributed by atoms with Gasteiger partial charge in [-0.3, -0.25) is 24.1 Å². The van der Waals surface area contributed by atoms with Crippen LogP contribution in [0.15, 0.2) is 72.8 Å². The predicted octanol–water partition coefficient (Wildman–Crippen LogP) is 4.66. The largest absolute Gasteiger partial charge is 0.456 e. The van der Waals surface area contributed by atoms with Crippen molar-refractivity contribution < 1.29 is 23.9 Å². The van der Waals surface area contributed by atoms with Gasteiger partial charge in [0, 0.05) is 10.6 Å². The maximum Gasteiger partial charge on any atom is 0.326 e. The lowest BCUT2D eigenvalue weighted by Crippen LogP contribution is -2.57. The van der Waals surface area contributed by atoms with Crippen LogP contribution in [0.2, 0.25) is 5.02 Å². The number of rotatable bonds is 5. The lowest BCUT2D eigenvalue weighted by molar-refractivity contribution is -0.152. The summed E-state index contributed by atoms with van der Waals surface area (Å²) in [5.74, 6) is -4.54. The second-order valence-corrected chi connectivity index (χ2v) is 11.0. The van der Waals surface area contributed by atoms with Crippen molar-refractivity contribution in [2.24, 2.45) is 11.8 Å². The van der Waals surface area contributed by atoms with Crippen LogP contribution < -0.4 is 0 Å². The molecule has 9 heteroatoms. The Balaban J connectivity index is 1.30. The molecule has 186 valence electrons. The Bertz CT molecular complexity index is 1380. The number of alkyl halides is 2. The van der Waals surface area contributed by atoms with Gasteiger partial charge in [-0.15, -0.1) is 23.2 Å². The molecule has 2 bridgehead atoms. The second-order valence-electron chi connectivity index (χ2n) is 9.32. The highest BCUT2D eigenvalue weighted by atomic mass is 35.5. The number of likely N-dealkylation sites (tertiary alicyclic amines) is 1. The highest BCUT2D eigenvalue weighted by Gasteiger charge is 2.73. The van der Waals surface area contributed by atoms with E-state index < -0.39 is 58.3 Å². The zero-order chi connectivity index (χ0) is 26.1. The van der Waals surface area contributed by atoms with Crippen LogP contribution in [0.5, 0.6) is 0 Å². The summed E-state index contributed by atoms with van der Waals surface area (Å²) in [6.45, 7) is -1.19. The third-order valence-electron chi connectivity index (χ3n) is 7.49. The summed E-state index contributed by atoms with van der Waals surface area (Å²) in [5, 5.41) is 0.466. The molecule has 37 heavy (non-hydrogen) atoms. The summed E-state index contributed by atoms with van der Waals surface area (Å²) >= 11 is 20.5. The lowest BCUT2D eigenvalue weighted by atomic mass is 9.54. The summed E-state index contributed by atoms with van der Waals surface area (Å²) in [6.07, 6.45) is 0. The minimum absolute atomic E-state index is 0.316. The molecule has 3 aromatic carbocycles. The Morgan fingerprint density at radius 3 is 1.62 bits per heavy atom.